The monoisotopic (exact) mass is 285 g/mol. The number of benzene rings is 1. The van der Waals surface area contributed by atoms with Crippen LogP contribution in [0.1, 0.15) is 11.9 Å². The first-order chi connectivity index (χ1) is 9.43. The van der Waals surface area contributed by atoms with Gasteiger partial charge in [0.1, 0.15) is 30.0 Å². The number of H-pyrrole nitrogens is 1. The van der Waals surface area contributed by atoms with Gasteiger partial charge in [-0.05, 0) is 18.2 Å². The van der Waals surface area contributed by atoms with Crippen LogP contribution < -0.4 is 5.73 Å². The summed E-state index contributed by atoms with van der Waals surface area (Å²) in [5.41, 5.74) is 6.61. The highest BCUT2D eigenvalue weighted by Gasteiger charge is 2.31. The van der Waals surface area contributed by atoms with Gasteiger partial charge in [-0.15, -0.1) is 0 Å². The predicted molar refractivity (Wildman–Crippen MR) is 68.1 cm³/mol. The molecule has 8 heteroatoms. The zero-order chi connectivity index (χ0) is 14.9. The summed E-state index contributed by atoms with van der Waals surface area (Å²) in [4.78, 5) is 6.82. The van der Waals surface area contributed by atoms with Gasteiger partial charge in [-0.1, -0.05) is 0 Å². The minimum atomic E-state index is -1.63. The molecule has 0 spiro atoms. The molecule has 110 valence electrons. The lowest BCUT2D eigenvalue weighted by atomic mass is 10.0. The van der Waals surface area contributed by atoms with Gasteiger partial charge in [0.25, 0.3) is 0 Å². The number of aliphatic hydroxyl groups excluding tert-OH is 4. The van der Waals surface area contributed by atoms with E-state index in [-0.39, 0.29) is 5.82 Å². The molecule has 0 saturated carbocycles. The number of rotatable bonds is 5. The number of nitrogens with zero attached hydrogens (tertiary/aromatic N) is 1. The standard InChI is InChI=1S/C12H16FN3O4/c13-5-1-2-6-7(3-5)16-12(15-6)9(14)11(20)10(19)8(18)4-17/h1-3,8-11,17-20H,4,14H2,(H,15,16)/t8?,9?,10-,11?/m1/s1. The van der Waals surface area contributed by atoms with Gasteiger partial charge < -0.3 is 31.1 Å². The number of fused-ring (bicyclic) bond motifs is 1. The second-order valence-corrected chi connectivity index (χ2v) is 4.54. The van der Waals surface area contributed by atoms with E-state index in [0.717, 1.165) is 0 Å². The molecule has 0 bridgehead atoms. The fraction of sp³-hybridized carbons (Fsp3) is 0.417. The van der Waals surface area contributed by atoms with E-state index in [2.05, 4.69) is 9.97 Å². The maximum atomic E-state index is 13.1. The quantitative estimate of drug-likeness (QED) is 0.407. The molecule has 0 aliphatic carbocycles. The largest absolute Gasteiger partial charge is 0.394 e. The SMILES string of the molecule is NC(c1nc2ccc(F)cc2[nH]1)C(O)[C@H](O)C(O)CO. The summed E-state index contributed by atoms with van der Waals surface area (Å²) in [7, 11) is 0. The third kappa shape index (κ3) is 2.79. The molecule has 20 heavy (non-hydrogen) atoms. The van der Waals surface area contributed by atoms with Crippen LogP contribution in [0, 0.1) is 5.82 Å². The van der Waals surface area contributed by atoms with Crippen molar-refractivity contribution in [2.24, 2.45) is 5.73 Å². The number of hydrogen-bond acceptors (Lipinski definition) is 6. The Bertz CT molecular complexity index is 591. The molecule has 3 unspecified atom stereocenters. The average molecular weight is 285 g/mol. The van der Waals surface area contributed by atoms with E-state index in [4.69, 9.17) is 10.8 Å². The van der Waals surface area contributed by atoms with E-state index in [9.17, 15) is 19.7 Å². The van der Waals surface area contributed by atoms with Crippen LogP contribution in [0.4, 0.5) is 4.39 Å². The summed E-state index contributed by atoms with van der Waals surface area (Å²) in [6, 6.07) is 2.79. The van der Waals surface area contributed by atoms with Crippen LogP contribution in [-0.2, 0) is 0 Å². The van der Waals surface area contributed by atoms with Crippen molar-refractivity contribution in [2.45, 2.75) is 24.4 Å². The van der Waals surface area contributed by atoms with Gasteiger partial charge in [-0.2, -0.15) is 0 Å². The van der Waals surface area contributed by atoms with Crippen LogP contribution >= 0.6 is 0 Å². The molecule has 0 aliphatic heterocycles. The molecule has 7 N–H and O–H groups in total. The van der Waals surface area contributed by atoms with Crippen molar-refractivity contribution in [3.05, 3.63) is 29.8 Å². The summed E-state index contributed by atoms with van der Waals surface area (Å²) in [6.45, 7) is -0.712. The van der Waals surface area contributed by atoms with Crippen molar-refractivity contribution in [1.82, 2.24) is 9.97 Å². The summed E-state index contributed by atoms with van der Waals surface area (Å²) in [5, 5.41) is 37.4. The number of nitrogens with one attached hydrogen (secondary N) is 1. The Morgan fingerprint density at radius 2 is 1.95 bits per heavy atom. The maximum Gasteiger partial charge on any atom is 0.127 e. The molecule has 0 amide bonds. The van der Waals surface area contributed by atoms with Crippen molar-refractivity contribution in [2.75, 3.05) is 6.61 Å². The highest BCUT2D eigenvalue weighted by atomic mass is 19.1. The van der Waals surface area contributed by atoms with Crippen LogP contribution in [0.25, 0.3) is 11.0 Å². The van der Waals surface area contributed by atoms with E-state index < -0.39 is 36.8 Å². The highest BCUT2D eigenvalue weighted by Crippen LogP contribution is 2.20. The van der Waals surface area contributed by atoms with Crippen molar-refractivity contribution in [3.8, 4) is 0 Å². The lowest BCUT2D eigenvalue weighted by molar-refractivity contribution is -0.0844. The highest BCUT2D eigenvalue weighted by molar-refractivity contribution is 5.75. The molecule has 1 heterocycles. The van der Waals surface area contributed by atoms with Crippen molar-refractivity contribution >= 4 is 11.0 Å². The maximum absolute atomic E-state index is 13.1. The molecule has 1 aromatic carbocycles. The van der Waals surface area contributed by atoms with E-state index in [1.165, 1.54) is 18.2 Å². The summed E-state index contributed by atoms with van der Waals surface area (Å²) in [5.74, 6) is -0.306. The van der Waals surface area contributed by atoms with Gasteiger partial charge in [0.2, 0.25) is 0 Å². The lowest BCUT2D eigenvalue weighted by Gasteiger charge is -2.25. The van der Waals surface area contributed by atoms with E-state index >= 15 is 0 Å². The molecular weight excluding hydrogens is 269 g/mol. The van der Waals surface area contributed by atoms with E-state index in [1.54, 1.807) is 0 Å². The van der Waals surface area contributed by atoms with Crippen molar-refractivity contribution in [3.63, 3.8) is 0 Å². The zero-order valence-electron chi connectivity index (χ0n) is 10.4. The van der Waals surface area contributed by atoms with Crippen molar-refractivity contribution in [1.29, 1.82) is 0 Å². The Morgan fingerprint density at radius 3 is 2.60 bits per heavy atom. The predicted octanol–water partition coefficient (Wildman–Crippen LogP) is -1.22. The molecule has 0 fully saturated rings. The van der Waals surface area contributed by atoms with Gasteiger partial charge in [-0.25, -0.2) is 9.37 Å². The normalized spacial score (nSPS) is 17.9. The second kappa shape index (κ2) is 5.81. The molecule has 2 rings (SSSR count). The van der Waals surface area contributed by atoms with Crippen LogP contribution in [0.15, 0.2) is 18.2 Å². The molecule has 2 aromatic rings. The molecule has 1 aromatic heterocycles. The molecule has 4 atom stereocenters. The van der Waals surface area contributed by atoms with Crippen LogP contribution in [0.5, 0.6) is 0 Å². The first kappa shape index (κ1) is 14.8. The molecule has 0 saturated heterocycles. The first-order valence-electron chi connectivity index (χ1n) is 6.00. The van der Waals surface area contributed by atoms with Crippen molar-refractivity contribution < 1.29 is 24.8 Å². The van der Waals surface area contributed by atoms with E-state index in [1.807, 2.05) is 0 Å². The first-order valence-corrected chi connectivity index (χ1v) is 6.00. The third-order valence-electron chi connectivity index (χ3n) is 3.08. The van der Waals surface area contributed by atoms with Crippen LogP contribution in [0.3, 0.4) is 0 Å². The van der Waals surface area contributed by atoms with Crippen LogP contribution in [-0.4, -0.2) is 55.3 Å². The average Bonchev–Trinajstić information content (AvgIpc) is 2.86. The fourth-order valence-electron chi connectivity index (χ4n) is 1.87. The summed E-state index contributed by atoms with van der Waals surface area (Å²) >= 11 is 0. The Labute approximate surface area is 113 Å². The second-order valence-electron chi connectivity index (χ2n) is 4.54. The number of aromatic nitrogens is 2. The topological polar surface area (TPSA) is 136 Å². The smallest absolute Gasteiger partial charge is 0.127 e. The number of hydrogen-bond donors (Lipinski definition) is 6. The Kier molecular flexibility index (Phi) is 4.31. The minimum Gasteiger partial charge on any atom is -0.394 e. The minimum absolute atomic E-state index is 0.141. The van der Waals surface area contributed by atoms with E-state index in [0.29, 0.717) is 11.0 Å². The third-order valence-corrected chi connectivity index (χ3v) is 3.08. The number of nitrogens with two attached hydrogens (primary N) is 1. The van der Waals surface area contributed by atoms with Gasteiger partial charge in [0, 0.05) is 0 Å². The number of aromatic amines is 1. The van der Waals surface area contributed by atoms with Crippen LogP contribution in [0.2, 0.25) is 0 Å². The fourth-order valence-corrected chi connectivity index (χ4v) is 1.87. The molecule has 0 radical (unpaired) electrons. The molecule has 7 nitrogen and oxygen atoms in total. The number of imidazole rings is 1. The summed E-state index contributed by atoms with van der Waals surface area (Å²) in [6.07, 6.45) is -4.68. The Morgan fingerprint density at radius 1 is 1.25 bits per heavy atom. The number of aliphatic hydroxyl groups is 4. The molecule has 0 aliphatic rings. The number of halogens is 1. The van der Waals surface area contributed by atoms with Gasteiger partial charge >= 0.3 is 0 Å². The Hall–Kier alpha value is -1.58. The summed E-state index contributed by atoms with van der Waals surface area (Å²) < 4.78 is 13.1. The Balaban J connectivity index is 2.24. The molecular formula is C12H16FN3O4. The van der Waals surface area contributed by atoms with Gasteiger partial charge in [0.15, 0.2) is 0 Å². The van der Waals surface area contributed by atoms with Gasteiger partial charge in [-0.3, -0.25) is 0 Å². The van der Waals surface area contributed by atoms with Gasteiger partial charge in [0.05, 0.1) is 23.7 Å². The zero-order valence-corrected chi connectivity index (χ0v) is 10.4. The lowest BCUT2D eigenvalue weighted by Crippen LogP contribution is -2.45.